The van der Waals surface area contributed by atoms with Crippen LogP contribution in [-0.2, 0) is 20.1 Å². The molecule has 0 aliphatic heterocycles. The number of thiazole rings is 1. The van der Waals surface area contributed by atoms with Crippen LogP contribution in [0.1, 0.15) is 15.6 Å². The number of rotatable bonds is 4. The van der Waals surface area contributed by atoms with E-state index in [9.17, 15) is 0 Å². The molecule has 0 atom stereocenters. The molecule has 0 unspecified atom stereocenters. The first kappa shape index (κ1) is 10.3. The molecule has 6 heteroatoms. The number of nitrogens with zero attached hydrogens (tertiary/aromatic N) is 4. The van der Waals surface area contributed by atoms with Crippen LogP contribution in [-0.4, -0.2) is 20.0 Å². The molecule has 2 heterocycles. The summed E-state index contributed by atoms with van der Waals surface area (Å²) in [5, 5.41) is 12.2. The second kappa shape index (κ2) is 4.50. The highest BCUT2D eigenvalue weighted by Crippen LogP contribution is 2.10. The number of hydrogen-bond donors (Lipinski definition) is 1. The number of nitrogens with one attached hydrogen (secondary N) is 1. The molecule has 0 aromatic carbocycles. The Bertz CT molecular complexity index is 393. The third-order valence-corrected chi connectivity index (χ3v) is 2.81. The quantitative estimate of drug-likeness (QED) is 0.835. The van der Waals surface area contributed by atoms with Crippen LogP contribution in [0.15, 0.2) is 12.4 Å². The maximum absolute atomic E-state index is 4.27. The molecule has 5 nitrogen and oxygen atoms in total. The second-order valence-electron chi connectivity index (χ2n) is 3.35. The average molecular weight is 223 g/mol. The third kappa shape index (κ3) is 2.84. The van der Waals surface area contributed by atoms with Crippen LogP contribution in [0.2, 0.25) is 0 Å². The maximum Gasteiger partial charge on any atom is 0.107 e. The Morgan fingerprint density at radius 2 is 2.33 bits per heavy atom. The minimum Gasteiger partial charge on any atom is -0.305 e. The normalized spacial score (nSPS) is 10.8. The summed E-state index contributed by atoms with van der Waals surface area (Å²) in [6.45, 7) is 3.57. The van der Waals surface area contributed by atoms with Crippen LogP contribution in [0.25, 0.3) is 0 Å². The van der Waals surface area contributed by atoms with Gasteiger partial charge in [0.05, 0.1) is 5.69 Å². The highest BCUT2D eigenvalue weighted by atomic mass is 32.1. The van der Waals surface area contributed by atoms with Gasteiger partial charge < -0.3 is 5.32 Å². The van der Waals surface area contributed by atoms with E-state index in [0.717, 1.165) is 23.8 Å². The highest BCUT2D eigenvalue weighted by Gasteiger charge is 2.00. The Morgan fingerprint density at radius 1 is 1.47 bits per heavy atom. The van der Waals surface area contributed by atoms with Gasteiger partial charge in [0.1, 0.15) is 5.01 Å². The van der Waals surface area contributed by atoms with Crippen molar-refractivity contribution in [2.45, 2.75) is 20.0 Å². The van der Waals surface area contributed by atoms with E-state index in [1.807, 2.05) is 19.4 Å². The smallest absolute Gasteiger partial charge is 0.107 e. The molecule has 15 heavy (non-hydrogen) atoms. The summed E-state index contributed by atoms with van der Waals surface area (Å²) in [6.07, 6.45) is 3.80. The van der Waals surface area contributed by atoms with E-state index in [2.05, 4.69) is 27.5 Å². The summed E-state index contributed by atoms with van der Waals surface area (Å²) in [5.41, 5.74) is 0.950. The van der Waals surface area contributed by atoms with Gasteiger partial charge in [-0.25, -0.2) is 4.98 Å². The fourth-order valence-corrected chi connectivity index (χ4v) is 2.01. The van der Waals surface area contributed by atoms with Crippen molar-refractivity contribution in [1.29, 1.82) is 0 Å². The minimum absolute atomic E-state index is 0.729. The van der Waals surface area contributed by atoms with E-state index in [-0.39, 0.29) is 0 Å². The van der Waals surface area contributed by atoms with Gasteiger partial charge in [0, 0.05) is 37.4 Å². The van der Waals surface area contributed by atoms with Crippen LogP contribution in [0.3, 0.4) is 0 Å². The molecule has 1 N–H and O–H groups in total. The molecule has 0 saturated heterocycles. The first-order valence-electron chi connectivity index (χ1n) is 4.71. The Labute approximate surface area is 92.2 Å². The van der Waals surface area contributed by atoms with Crippen LogP contribution < -0.4 is 5.32 Å². The lowest BCUT2D eigenvalue weighted by molar-refractivity contribution is 0.671. The zero-order valence-corrected chi connectivity index (χ0v) is 9.58. The zero-order chi connectivity index (χ0) is 10.7. The topological polar surface area (TPSA) is 55.6 Å². The molecule has 0 radical (unpaired) electrons. The van der Waals surface area contributed by atoms with Crippen molar-refractivity contribution in [2.24, 2.45) is 7.05 Å². The van der Waals surface area contributed by atoms with Crippen molar-refractivity contribution in [2.75, 3.05) is 0 Å². The first-order valence-corrected chi connectivity index (χ1v) is 5.53. The molecule has 0 aliphatic carbocycles. The number of hydrogen-bond acceptors (Lipinski definition) is 5. The van der Waals surface area contributed by atoms with E-state index < -0.39 is 0 Å². The van der Waals surface area contributed by atoms with Gasteiger partial charge in [0.2, 0.25) is 0 Å². The summed E-state index contributed by atoms with van der Waals surface area (Å²) in [7, 11) is 1.86. The Balaban J connectivity index is 1.80. The van der Waals surface area contributed by atoms with Crippen LogP contribution in [0, 0.1) is 6.92 Å². The molecule has 0 amide bonds. The predicted molar refractivity (Wildman–Crippen MR) is 58.4 cm³/mol. The Kier molecular flexibility index (Phi) is 3.08. The fourth-order valence-electron chi connectivity index (χ4n) is 1.26. The largest absolute Gasteiger partial charge is 0.305 e. The fraction of sp³-hybridized carbons (Fsp3) is 0.444. The SMILES string of the molecule is Cc1cnc(CNCc2cn(C)nn2)s1. The molecular weight excluding hydrogens is 210 g/mol. The van der Waals surface area contributed by atoms with E-state index in [0.29, 0.717) is 0 Å². The van der Waals surface area contributed by atoms with Crippen LogP contribution in [0.4, 0.5) is 0 Å². The third-order valence-electron chi connectivity index (χ3n) is 1.90. The number of aryl methyl sites for hydroxylation is 2. The molecule has 0 aliphatic rings. The summed E-state index contributed by atoms with van der Waals surface area (Å²) < 4.78 is 1.70. The van der Waals surface area contributed by atoms with E-state index in [1.165, 1.54) is 4.88 Å². The summed E-state index contributed by atoms with van der Waals surface area (Å²) in [4.78, 5) is 5.51. The molecule has 0 spiro atoms. The lowest BCUT2D eigenvalue weighted by Gasteiger charge is -1.97. The number of aromatic nitrogens is 4. The molecule has 0 saturated carbocycles. The van der Waals surface area contributed by atoms with Gasteiger partial charge >= 0.3 is 0 Å². The summed E-state index contributed by atoms with van der Waals surface area (Å²) in [6, 6.07) is 0. The monoisotopic (exact) mass is 223 g/mol. The molecule has 2 rings (SSSR count). The van der Waals surface area contributed by atoms with Gasteiger partial charge in [-0.3, -0.25) is 4.68 Å². The van der Waals surface area contributed by atoms with E-state index in [1.54, 1.807) is 16.0 Å². The first-order chi connectivity index (χ1) is 7.24. The van der Waals surface area contributed by atoms with Gasteiger partial charge in [0.15, 0.2) is 0 Å². The lowest BCUT2D eigenvalue weighted by Crippen LogP contribution is -2.12. The molecule has 2 aromatic rings. The van der Waals surface area contributed by atoms with Crippen molar-refractivity contribution in [3.8, 4) is 0 Å². The molecule has 0 fully saturated rings. The van der Waals surface area contributed by atoms with E-state index >= 15 is 0 Å². The predicted octanol–water partition coefficient (Wildman–Crippen LogP) is 0.870. The van der Waals surface area contributed by atoms with Crippen molar-refractivity contribution < 1.29 is 0 Å². The van der Waals surface area contributed by atoms with Crippen LogP contribution >= 0.6 is 11.3 Å². The van der Waals surface area contributed by atoms with Crippen molar-refractivity contribution in [3.63, 3.8) is 0 Å². The van der Waals surface area contributed by atoms with Gasteiger partial charge in [-0.2, -0.15) is 0 Å². The van der Waals surface area contributed by atoms with E-state index in [4.69, 9.17) is 0 Å². The molecule has 80 valence electrons. The van der Waals surface area contributed by atoms with Crippen molar-refractivity contribution in [3.05, 3.63) is 28.0 Å². The zero-order valence-electron chi connectivity index (χ0n) is 8.77. The molecule has 0 bridgehead atoms. The van der Waals surface area contributed by atoms with Gasteiger partial charge in [-0.15, -0.1) is 16.4 Å². The van der Waals surface area contributed by atoms with Crippen molar-refractivity contribution >= 4 is 11.3 Å². The van der Waals surface area contributed by atoms with Gasteiger partial charge in [-0.05, 0) is 6.92 Å². The highest BCUT2D eigenvalue weighted by molar-refractivity contribution is 7.11. The second-order valence-corrected chi connectivity index (χ2v) is 4.67. The van der Waals surface area contributed by atoms with Crippen molar-refractivity contribution in [1.82, 2.24) is 25.3 Å². The van der Waals surface area contributed by atoms with Gasteiger partial charge in [0.25, 0.3) is 0 Å². The minimum atomic E-state index is 0.729. The van der Waals surface area contributed by atoms with Gasteiger partial charge in [-0.1, -0.05) is 5.21 Å². The molecular formula is C9H13N5S. The Hall–Kier alpha value is -1.27. The molecule has 2 aromatic heterocycles. The maximum atomic E-state index is 4.27. The summed E-state index contributed by atoms with van der Waals surface area (Å²) in [5.74, 6) is 0. The standard InChI is InChI=1S/C9H13N5S/c1-7-3-11-9(15-7)5-10-4-8-6-14(2)13-12-8/h3,6,10H,4-5H2,1-2H3. The average Bonchev–Trinajstić information content (AvgIpc) is 2.76. The summed E-state index contributed by atoms with van der Waals surface area (Å²) >= 11 is 1.71. The lowest BCUT2D eigenvalue weighted by atomic mass is 10.4. The van der Waals surface area contributed by atoms with Crippen LogP contribution in [0.5, 0.6) is 0 Å². The Morgan fingerprint density at radius 3 is 2.93 bits per heavy atom.